The molecule has 0 unspecified atom stereocenters. The number of piperidine rings is 1. The van der Waals surface area contributed by atoms with E-state index in [2.05, 4.69) is 38.9 Å². The topological polar surface area (TPSA) is 58.6 Å². The highest BCUT2D eigenvalue weighted by Crippen LogP contribution is 2.24. The summed E-state index contributed by atoms with van der Waals surface area (Å²) in [5.74, 6) is 0.321. The van der Waals surface area contributed by atoms with Crippen LogP contribution in [0.1, 0.15) is 23.2 Å². The van der Waals surface area contributed by atoms with Crippen LogP contribution in [0.3, 0.4) is 0 Å². The average molecular weight is 534 g/mol. The van der Waals surface area contributed by atoms with E-state index in [4.69, 9.17) is 4.74 Å². The minimum absolute atomic E-state index is 0.0812. The molecule has 1 fully saturated rings. The fourth-order valence-corrected chi connectivity index (χ4v) is 4.91. The van der Waals surface area contributed by atoms with Gasteiger partial charge in [0.15, 0.2) is 5.78 Å². The van der Waals surface area contributed by atoms with Gasteiger partial charge in [-0.05, 0) is 89.6 Å². The van der Waals surface area contributed by atoms with E-state index < -0.39 is 6.09 Å². The van der Waals surface area contributed by atoms with Gasteiger partial charge in [-0.2, -0.15) is 0 Å². The number of rotatable bonds is 6. The number of hydrogen-bond acceptors (Lipinski definition) is 5. The normalized spacial score (nSPS) is 15.2. The molecular formula is C23H23IN2O3S. The molecule has 3 aromatic rings. The Morgan fingerprint density at radius 3 is 2.63 bits per heavy atom. The molecular weight excluding hydrogens is 511 g/mol. The number of amides is 1. The van der Waals surface area contributed by atoms with Crippen molar-refractivity contribution in [1.29, 1.82) is 0 Å². The van der Waals surface area contributed by atoms with Crippen molar-refractivity contribution in [3.05, 3.63) is 63.0 Å². The van der Waals surface area contributed by atoms with Crippen LogP contribution in [0.5, 0.6) is 0 Å². The zero-order valence-electron chi connectivity index (χ0n) is 16.5. The van der Waals surface area contributed by atoms with Crippen molar-refractivity contribution in [3.8, 4) is 0 Å². The van der Waals surface area contributed by atoms with Gasteiger partial charge in [-0.3, -0.25) is 15.0 Å². The minimum atomic E-state index is -0.435. The second-order valence-electron chi connectivity index (χ2n) is 7.42. The highest BCUT2D eigenvalue weighted by molar-refractivity contribution is 14.1. The van der Waals surface area contributed by atoms with Crippen molar-refractivity contribution in [2.75, 3.05) is 31.6 Å². The number of fused-ring (bicyclic) bond motifs is 1. The van der Waals surface area contributed by atoms with Crippen molar-refractivity contribution in [3.63, 3.8) is 0 Å². The Morgan fingerprint density at radius 2 is 1.87 bits per heavy atom. The van der Waals surface area contributed by atoms with Crippen molar-refractivity contribution in [2.45, 2.75) is 12.8 Å². The van der Waals surface area contributed by atoms with Crippen molar-refractivity contribution in [2.24, 2.45) is 5.92 Å². The summed E-state index contributed by atoms with van der Waals surface area (Å²) >= 11 is 3.89. The van der Waals surface area contributed by atoms with Crippen LogP contribution in [0.2, 0.25) is 0 Å². The van der Waals surface area contributed by atoms with E-state index in [-0.39, 0.29) is 11.7 Å². The summed E-state index contributed by atoms with van der Waals surface area (Å²) in [6, 6.07) is 15.7. The molecule has 2 aromatic carbocycles. The average Bonchev–Trinajstić information content (AvgIpc) is 3.22. The highest BCUT2D eigenvalue weighted by atomic mass is 127. The Morgan fingerprint density at radius 1 is 1.10 bits per heavy atom. The van der Waals surface area contributed by atoms with Crippen LogP contribution in [0, 0.1) is 9.49 Å². The Labute approximate surface area is 193 Å². The summed E-state index contributed by atoms with van der Waals surface area (Å²) in [6.07, 6.45) is 1.25. The van der Waals surface area contributed by atoms with E-state index in [9.17, 15) is 9.59 Å². The van der Waals surface area contributed by atoms with Gasteiger partial charge in [-0.15, -0.1) is 11.3 Å². The molecule has 1 saturated heterocycles. The number of carbonyl (C=O) groups is 2. The summed E-state index contributed by atoms with van der Waals surface area (Å²) < 4.78 is 7.61. The van der Waals surface area contributed by atoms with Crippen molar-refractivity contribution < 1.29 is 14.3 Å². The van der Waals surface area contributed by atoms with E-state index in [1.54, 1.807) is 11.3 Å². The standard InChI is InChI=1S/C23H23IN2O3S/c24-19-4-1-17(2-5-19)22(27)18-7-10-26(11-8-18)12-13-29-23(28)25-20-6-3-16-9-14-30-21(16)15-20/h1-6,9,14-15,18H,7-8,10-13H2,(H,25,28). The summed E-state index contributed by atoms with van der Waals surface area (Å²) in [7, 11) is 0. The lowest BCUT2D eigenvalue weighted by Gasteiger charge is -2.31. The molecule has 0 saturated carbocycles. The van der Waals surface area contributed by atoms with E-state index in [0.29, 0.717) is 13.2 Å². The molecule has 2 heterocycles. The number of likely N-dealkylation sites (tertiary alicyclic amines) is 1. The Balaban J connectivity index is 1.18. The molecule has 1 amide bonds. The molecule has 1 aromatic heterocycles. The van der Waals surface area contributed by atoms with E-state index in [0.717, 1.165) is 45.5 Å². The molecule has 0 aliphatic carbocycles. The molecule has 7 heteroatoms. The maximum atomic E-state index is 12.7. The number of Topliss-reactive ketones (excluding diaryl/α,β-unsaturated/α-hetero) is 1. The SMILES string of the molecule is O=C(Nc1ccc2ccsc2c1)OCCN1CCC(C(=O)c2ccc(I)cc2)CC1. The number of ether oxygens (including phenoxy) is 1. The first-order chi connectivity index (χ1) is 14.6. The molecule has 0 radical (unpaired) electrons. The zero-order chi connectivity index (χ0) is 20.9. The summed E-state index contributed by atoms with van der Waals surface area (Å²) in [5.41, 5.74) is 1.54. The van der Waals surface area contributed by atoms with Gasteiger partial charge in [-0.1, -0.05) is 18.2 Å². The van der Waals surface area contributed by atoms with Gasteiger partial charge in [0.1, 0.15) is 6.61 Å². The number of benzene rings is 2. The number of anilines is 1. The summed E-state index contributed by atoms with van der Waals surface area (Å²) in [4.78, 5) is 27.0. The van der Waals surface area contributed by atoms with Crippen LogP contribution in [0.15, 0.2) is 53.9 Å². The first kappa shape index (κ1) is 21.3. The lowest BCUT2D eigenvalue weighted by molar-refractivity contribution is 0.0813. The van der Waals surface area contributed by atoms with Gasteiger partial charge in [0.05, 0.1) is 0 Å². The second kappa shape index (κ2) is 9.89. The minimum Gasteiger partial charge on any atom is -0.448 e. The van der Waals surface area contributed by atoms with E-state index in [1.165, 1.54) is 5.39 Å². The number of nitrogens with zero attached hydrogens (tertiary/aromatic N) is 1. The van der Waals surface area contributed by atoms with Gasteiger partial charge in [0.2, 0.25) is 0 Å². The van der Waals surface area contributed by atoms with Crippen LogP contribution in [0.4, 0.5) is 10.5 Å². The maximum absolute atomic E-state index is 12.7. The van der Waals surface area contributed by atoms with Crippen LogP contribution in [0.25, 0.3) is 10.1 Å². The third-order valence-electron chi connectivity index (χ3n) is 5.43. The maximum Gasteiger partial charge on any atom is 0.411 e. The second-order valence-corrected chi connectivity index (χ2v) is 9.61. The van der Waals surface area contributed by atoms with E-state index in [1.807, 2.05) is 47.8 Å². The van der Waals surface area contributed by atoms with Crippen LogP contribution >= 0.6 is 33.9 Å². The molecule has 0 bridgehead atoms. The monoisotopic (exact) mass is 534 g/mol. The fraction of sp³-hybridized carbons (Fsp3) is 0.304. The molecule has 0 spiro atoms. The van der Waals surface area contributed by atoms with Crippen LogP contribution in [-0.4, -0.2) is 43.0 Å². The lowest BCUT2D eigenvalue weighted by atomic mass is 9.89. The molecule has 1 aliphatic heterocycles. The van der Waals surface area contributed by atoms with Crippen molar-refractivity contribution in [1.82, 2.24) is 4.90 Å². The molecule has 0 atom stereocenters. The Bertz CT molecular complexity index is 1030. The molecule has 4 rings (SSSR count). The number of nitrogens with one attached hydrogen (secondary N) is 1. The van der Waals surface area contributed by atoms with Crippen LogP contribution in [-0.2, 0) is 4.74 Å². The predicted octanol–water partition coefficient (Wildman–Crippen LogP) is 5.65. The van der Waals surface area contributed by atoms with Gasteiger partial charge in [0, 0.05) is 32.0 Å². The smallest absolute Gasteiger partial charge is 0.411 e. The van der Waals surface area contributed by atoms with Crippen molar-refractivity contribution >= 4 is 61.6 Å². The Hall–Kier alpha value is -1.97. The predicted molar refractivity (Wildman–Crippen MR) is 129 cm³/mol. The fourth-order valence-electron chi connectivity index (χ4n) is 3.72. The first-order valence-electron chi connectivity index (χ1n) is 10.0. The van der Waals surface area contributed by atoms with Gasteiger partial charge < -0.3 is 4.74 Å². The zero-order valence-corrected chi connectivity index (χ0v) is 19.4. The summed E-state index contributed by atoms with van der Waals surface area (Å²) in [6.45, 7) is 2.71. The molecule has 1 aliphatic rings. The molecule has 30 heavy (non-hydrogen) atoms. The number of thiophene rings is 1. The lowest BCUT2D eigenvalue weighted by Crippen LogP contribution is -2.38. The van der Waals surface area contributed by atoms with Gasteiger partial charge >= 0.3 is 6.09 Å². The molecule has 5 nitrogen and oxygen atoms in total. The third kappa shape index (κ3) is 5.39. The third-order valence-corrected chi connectivity index (χ3v) is 7.03. The number of hydrogen-bond donors (Lipinski definition) is 1. The molecule has 1 N–H and O–H groups in total. The first-order valence-corrected chi connectivity index (χ1v) is 12.0. The van der Waals surface area contributed by atoms with E-state index >= 15 is 0 Å². The van der Waals surface area contributed by atoms with Gasteiger partial charge in [-0.25, -0.2) is 4.79 Å². The largest absolute Gasteiger partial charge is 0.448 e. The van der Waals surface area contributed by atoms with Gasteiger partial charge in [0.25, 0.3) is 0 Å². The number of halogens is 1. The number of carbonyl (C=O) groups excluding carboxylic acids is 2. The number of ketones is 1. The highest BCUT2D eigenvalue weighted by Gasteiger charge is 2.25. The quantitative estimate of drug-likeness (QED) is 0.328. The summed E-state index contributed by atoms with van der Waals surface area (Å²) in [5, 5.41) is 5.99. The molecule has 156 valence electrons. The Kier molecular flexibility index (Phi) is 7.01. The van der Waals surface area contributed by atoms with Crippen LogP contribution < -0.4 is 5.32 Å².